The van der Waals surface area contributed by atoms with Crippen LogP contribution in [0.1, 0.15) is 48.6 Å². The Bertz CT molecular complexity index is 1670. The number of benzene rings is 3. The highest BCUT2D eigenvalue weighted by atomic mass is 16.5. The summed E-state index contributed by atoms with van der Waals surface area (Å²) >= 11 is 0. The number of methoxy groups -OCH3 is 1. The van der Waals surface area contributed by atoms with Crippen molar-refractivity contribution in [2.24, 2.45) is 5.73 Å². The summed E-state index contributed by atoms with van der Waals surface area (Å²) < 4.78 is 13.1. The van der Waals surface area contributed by atoms with Crippen LogP contribution in [0.5, 0.6) is 0 Å². The van der Waals surface area contributed by atoms with E-state index in [1.807, 2.05) is 17.0 Å². The highest BCUT2D eigenvalue weighted by Gasteiger charge is 2.29. The van der Waals surface area contributed by atoms with Gasteiger partial charge in [-0.05, 0) is 79.1 Å². The zero-order chi connectivity index (χ0) is 29.1. The van der Waals surface area contributed by atoms with Crippen LogP contribution in [0.4, 0.5) is 0 Å². The number of likely N-dealkylation sites (tertiary alicyclic amines) is 1. The maximum Gasteiger partial charge on any atom is 0.224 e. The van der Waals surface area contributed by atoms with Gasteiger partial charge in [-0.2, -0.15) is 0 Å². The van der Waals surface area contributed by atoms with E-state index < -0.39 is 0 Å². The minimum atomic E-state index is -0.229. The molecule has 5 aromatic rings. The Morgan fingerprint density at radius 2 is 1.95 bits per heavy atom. The van der Waals surface area contributed by atoms with Crippen LogP contribution in [-0.2, 0) is 22.5 Å². The van der Waals surface area contributed by atoms with Crippen LogP contribution in [0, 0.1) is 6.92 Å². The minimum absolute atomic E-state index is 0.135. The second kappa shape index (κ2) is 12.5. The molecule has 1 amide bonds. The van der Waals surface area contributed by atoms with Crippen LogP contribution < -0.4 is 5.73 Å². The van der Waals surface area contributed by atoms with Crippen LogP contribution in [0.25, 0.3) is 33.1 Å². The number of nitrogens with zero attached hydrogens (tertiary/aromatic N) is 3. The summed E-state index contributed by atoms with van der Waals surface area (Å²) in [7, 11) is 1.74. The number of amides is 1. The lowest BCUT2D eigenvalue weighted by Gasteiger charge is -2.33. The number of furan rings is 1. The van der Waals surface area contributed by atoms with Crippen LogP contribution in [0.15, 0.2) is 77.4 Å². The molecule has 0 aliphatic carbocycles. The molecule has 2 unspecified atom stereocenters. The van der Waals surface area contributed by atoms with Gasteiger partial charge in [0.1, 0.15) is 11.4 Å². The molecule has 2 N–H and O–H groups in total. The van der Waals surface area contributed by atoms with Crippen molar-refractivity contribution in [3.05, 3.63) is 89.9 Å². The lowest BCUT2D eigenvalue weighted by atomic mass is 9.95. The van der Waals surface area contributed by atoms with Gasteiger partial charge >= 0.3 is 0 Å². The number of carbonyl (C=O) groups is 1. The molecule has 0 saturated carbocycles. The van der Waals surface area contributed by atoms with Crippen LogP contribution >= 0.6 is 0 Å². The first kappa shape index (κ1) is 28.2. The van der Waals surface area contributed by atoms with Gasteiger partial charge < -0.3 is 24.4 Å². The highest BCUT2D eigenvalue weighted by molar-refractivity contribution is 5.83. The topological polar surface area (TPSA) is 86.5 Å². The quantitative estimate of drug-likeness (QED) is 0.197. The van der Waals surface area contributed by atoms with Gasteiger partial charge in [0, 0.05) is 57.1 Å². The number of aromatic nitrogens is 2. The summed E-state index contributed by atoms with van der Waals surface area (Å²) in [5.41, 5.74) is 14.3. The van der Waals surface area contributed by atoms with Gasteiger partial charge in [-0.1, -0.05) is 42.5 Å². The molecule has 42 heavy (non-hydrogen) atoms. The van der Waals surface area contributed by atoms with Crippen molar-refractivity contribution in [1.29, 1.82) is 0 Å². The van der Waals surface area contributed by atoms with Crippen LogP contribution in [0.2, 0.25) is 0 Å². The number of fused-ring (bicyclic) bond motifs is 2. The monoisotopic (exact) mass is 564 g/mol. The molecule has 7 nitrogen and oxygen atoms in total. The van der Waals surface area contributed by atoms with Crippen molar-refractivity contribution in [3.63, 3.8) is 0 Å². The third-order valence-corrected chi connectivity index (χ3v) is 8.55. The van der Waals surface area contributed by atoms with Crippen molar-refractivity contribution < 1.29 is 13.9 Å². The summed E-state index contributed by atoms with van der Waals surface area (Å²) in [6, 6.07) is 22.8. The van der Waals surface area contributed by atoms with Gasteiger partial charge in [-0.15, -0.1) is 0 Å². The molecule has 2 aromatic heterocycles. The molecule has 0 radical (unpaired) electrons. The lowest BCUT2D eigenvalue weighted by Crippen LogP contribution is -2.42. The zero-order valence-corrected chi connectivity index (χ0v) is 24.6. The number of imidazole rings is 1. The van der Waals surface area contributed by atoms with Crippen molar-refractivity contribution in [2.75, 3.05) is 26.8 Å². The Hall–Kier alpha value is -3.94. The van der Waals surface area contributed by atoms with E-state index in [2.05, 4.69) is 66.1 Å². The molecule has 6 rings (SSSR count). The molecule has 1 saturated heterocycles. The van der Waals surface area contributed by atoms with E-state index in [0.717, 1.165) is 71.4 Å². The molecule has 1 fully saturated rings. The zero-order valence-electron chi connectivity index (χ0n) is 24.6. The number of piperidine rings is 1. The van der Waals surface area contributed by atoms with E-state index in [1.54, 1.807) is 13.4 Å². The van der Waals surface area contributed by atoms with E-state index in [0.29, 0.717) is 26.0 Å². The van der Waals surface area contributed by atoms with Crippen molar-refractivity contribution in [3.8, 4) is 11.1 Å². The smallest absolute Gasteiger partial charge is 0.224 e. The second-order valence-corrected chi connectivity index (χ2v) is 11.6. The molecule has 3 aromatic carbocycles. The third kappa shape index (κ3) is 5.98. The van der Waals surface area contributed by atoms with E-state index in [9.17, 15) is 4.79 Å². The molecule has 1 aliphatic rings. The Labute approximate surface area is 247 Å². The molecule has 218 valence electrons. The van der Waals surface area contributed by atoms with Crippen LogP contribution in [-0.4, -0.2) is 53.2 Å². The largest absolute Gasteiger partial charge is 0.464 e. The Balaban J connectivity index is 1.09. The highest BCUT2D eigenvalue weighted by Crippen LogP contribution is 2.31. The van der Waals surface area contributed by atoms with E-state index in [1.165, 1.54) is 11.1 Å². The molecule has 7 heteroatoms. The average Bonchev–Trinajstić information content (AvgIpc) is 3.63. The Morgan fingerprint density at radius 1 is 1.12 bits per heavy atom. The predicted molar refractivity (Wildman–Crippen MR) is 167 cm³/mol. The first-order valence-corrected chi connectivity index (χ1v) is 15.0. The number of ether oxygens (including phenoxy) is 1. The summed E-state index contributed by atoms with van der Waals surface area (Å²) in [4.78, 5) is 20.5. The maximum absolute atomic E-state index is 13.4. The first-order chi connectivity index (χ1) is 20.5. The van der Waals surface area contributed by atoms with Crippen molar-refractivity contribution >= 4 is 27.9 Å². The SMILES string of the molecule is COCCCn1c(C2CCCN(C(=O)CC(N)Cc3ccc(-c4ccc5occc5c4)cc3)C2)nc2c(C)cccc21. The number of para-hydroxylation sites is 1. The first-order valence-electron chi connectivity index (χ1n) is 15.0. The van der Waals surface area contributed by atoms with Gasteiger partial charge in [0.25, 0.3) is 0 Å². The number of nitrogens with two attached hydrogens (primary N) is 1. The number of hydrogen-bond donors (Lipinski definition) is 1. The summed E-state index contributed by atoms with van der Waals surface area (Å²) in [5.74, 6) is 1.43. The molecule has 0 spiro atoms. The molecular weight excluding hydrogens is 524 g/mol. The van der Waals surface area contributed by atoms with Crippen LogP contribution in [0.3, 0.4) is 0 Å². The number of aryl methyl sites for hydroxylation is 2. The standard InChI is InChI=1S/C35H40N4O3/c1-24-6-3-8-31-34(24)37-35(39(31)17-5-18-41-2)29-7-4-16-38(23-29)33(40)22-30(36)20-25-9-11-26(12-10-25)27-13-14-32-28(21-27)15-19-42-32/h3,6,8-15,19,21,29-30H,4-5,7,16-18,20,22-23,36H2,1-2H3. The number of carbonyl (C=O) groups excluding carboxylic acids is 1. The van der Waals surface area contributed by atoms with Gasteiger partial charge in [-0.3, -0.25) is 4.79 Å². The normalized spacial score (nSPS) is 16.4. The van der Waals surface area contributed by atoms with E-state index in [-0.39, 0.29) is 17.9 Å². The molecule has 1 aliphatic heterocycles. The second-order valence-electron chi connectivity index (χ2n) is 11.6. The van der Waals surface area contributed by atoms with Gasteiger partial charge in [0.2, 0.25) is 5.91 Å². The van der Waals surface area contributed by atoms with Gasteiger partial charge in [0.05, 0.1) is 17.3 Å². The van der Waals surface area contributed by atoms with E-state index >= 15 is 0 Å². The minimum Gasteiger partial charge on any atom is -0.464 e. The fraction of sp³-hybridized carbons (Fsp3) is 0.371. The fourth-order valence-corrected chi connectivity index (χ4v) is 6.34. The predicted octanol–water partition coefficient (Wildman–Crippen LogP) is 6.46. The summed E-state index contributed by atoms with van der Waals surface area (Å²) in [6.07, 6.45) is 5.65. The Kier molecular flexibility index (Phi) is 8.40. The molecule has 0 bridgehead atoms. The fourth-order valence-electron chi connectivity index (χ4n) is 6.34. The number of hydrogen-bond acceptors (Lipinski definition) is 5. The molecule has 3 heterocycles. The molecule has 2 atom stereocenters. The van der Waals surface area contributed by atoms with Crippen molar-refractivity contribution in [1.82, 2.24) is 14.5 Å². The molecular formula is C35H40N4O3. The lowest BCUT2D eigenvalue weighted by molar-refractivity contribution is -0.132. The maximum atomic E-state index is 13.4. The van der Waals surface area contributed by atoms with E-state index in [4.69, 9.17) is 19.9 Å². The summed E-state index contributed by atoms with van der Waals surface area (Å²) in [5, 5.41) is 1.09. The summed E-state index contributed by atoms with van der Waals surface area (Å²) in [6.45, 7) is 5.15. The Morgan fingerprint density at radius 3 is 2.79 bits per heavy atom. The third-order valence-electron chi connectivity index (χ3n) is 8.55. The average molecular weight is 565 g/mol. The van der Waals surface area contributed by atoms with Gasteiger partial charge in [-0.25, -0.2) is 4.98 Å². The van der Waals surface area contributed by atoms with Gasteiger partial charge in [0.15, 0.2) is 0 Å². The number of rotatable bonds is 10. The van der Waals surface area contributed by atoms with Crippen molar-refractivity contribution in [2.45, 2.75) is 57.5 Å².